The standard InChI is InChI=1S/C10H19BrN2O/c1-9(8-12-10(14)7-11)13-5-3-2-4-6-13/h9H,2-8H2,1H3,(H,12,14). The Morgan fingerprint density at radius 3 is 2.64 bits per heavy atom. The summed E-state index contributed by atoms with van der Waals surface area (Å²) in [4.78, 5) is 13.5. The maximum atomic E-state index is 11.0. The van der Waals surface area contributed by atoms with Crippen LogP contribution >= 0.6 is 15.9 Å². The Bertz CT molecular complexity index is 181. The zero-order valence-electron chi connectivity index (χ0n) is 8.76. The number of nitrogens with zero attached hydrogens (tertiary/aromatic N) is 1. The lowest BCUT2D eigenvalue weighted by atomic mass is 10.1. The van der Waals surface area contributed by atoms with Gasteiger partial charge in [0.05, 0.1) is 5.33 Å². The van der Waals surface area contributed by atoms with Crippen LogP contribution in [0.2, 0.25) is 0 Å². The minimum atomic E-state index is 0.0776. The smallest absolute Gasteiger partial charge is 0.230 e. The lowest BCUT2D eigenvalue weighted by molar-refractivity contribution is -0.118. The van der Waals surface area contributed by atoms with Crippen molar-refractivity contribution in [2.24, 2.45) is 0 Å². The van der Waals surface area contributed by atoms with Crippen LogP contribution in [0.15, 0.2) is 0 Å². The number of rotatable bonds is 4. The molecule has 3 nitrogen and oxygen atoms in total. The van der Waals surface area contributed by atoms with Gasteiger partial charge in [-0.15, -0.1) is 0 Å². The molecular weight excluding hydrogens is 244 g/mol. The van der Waals surface area contributed by atoms with E-state index >= 15 is 0 Å². The van der Waals surface area contributed by atoms with Gasteiger partial charge < -0.3 is 5.32 Å². The molecule has 0 bridgehead atoms. The topological polar surface area (TPSA) is 32.3 Å². The molecule has 1 amide bonds. The summed E-state index contributed by atoms with van der Waals surface area (Å²) in [6.07, 6.45) is 3.96. The van der Waals surface area contributed by atoms with Crippen molar-refractivity contribution in [1.82, 2.24) is 10.2 Å². The van der Waals surface area contributed by atoms with Gasteiger partial charge in [0.25, 0.3) is 0 Å². The second-order valence-electron chi connectivity index (χ2n) is 3.88. The van der Waals surface area contributed by atoms with Gasteiger partial charge in [-0.05, 0) is 32.9 Å². The molecule has 1 fully saturated rings. The lowest BCUT2D eigenvalue weighted by Crippen LogP contribution is -2.44. The summed E-state index contributed by atoms with van der Waals surface area (Å²) in [6.45, 7) is 5.32. The SMILES string of the molecule is CC(CNC(=O)CBr)N1CCCCC1. The number of carbonyl (C=O) groups excluding carboxylic acids is 1. The van der Waals surface area contributed by atoms with Gasteiger partial charge in [0, 0.05) is 12.6 Å². The number of piperidine rings is 1. The van der Waals surface area contributed by atoms with Crippen molar-refractivity contribution in [3.63, 3.8) is 0 Å². The highest BCUT2D eigenvalue weighted by atomic mass is 79.9. The highest BCUT2D eigenvalue weighted by molar-refractivity contribution is 9.09. The summed E-state index contributed by atoms with van der Waals surface area (Å²) < 4.78 is 0. The molecule has 0 aliphatic carbocycles. The summed E-state index contributed by atoms with van der Waals surface area (Å²) >= 11 is 3.14. The number of alkyl halides is 1. The Hall–Kier alpha value is -0.0900. The first kappa shape index (κ1) is 12.0. The van der Waals surface area contributed by atoms with E-state index in [1.165, 1.54) is 32.4 Å². The molecule has 14 heavy (non-hydrogen) atoms. The molecule has 0 aromatic carbocycles. The molecule has 1 saturated heterocycles. The van der Waals surface area contributed by atoms with Crippen LogP contribution in [-0.4, -0.2) is 41.8 Å². The molecule has 1 heterocycles. The van der Waals surface area contributed by atoms with Gasteiger partial charge in [0.2, 0.25) is 5.91 Å². The average molecular weight is 263 g/mol. The molecule has 0 saturated carbocycles. The van der Waals surface area contributed by atoms with Crippen LogP contribution in [0.25, 0.3) is 0 Å². The second kappa shape index (κ2) is 6.40. The number of amides is 1. The van der Waals surface area contributed by atoms with E-state index in [0.717, 1.165) is 6.54 Å². The largest absolute Gasteiger partial charge is 0.354 e. The van der Waals surface area contributed by atoms with Gasteiger partial charge >= 0.3 is 0 Å². The Kier molecular flexibility index (Phi) is 5.48. The molecule has 1 rings (SSSR count). The Balaban J connectivity index is 2.19. The first-order valence-corrected chi connectivity index (χ1v) is 6.43. The monoisotopic (exact) mass is 262 g/mol. The second-order valence-corrected chi connectivity index (χ2v) is 4.44. The van der Waals surface area contributed by atoms with Gasteiger partial charge in [0.1, 0.15) is 0 Å². The van der Waals surface area contributed by atoms with E-state index in [0.29, 0.717) is 11.4 Å². The summed E-state index contributed by atoms with van der Waals surface area (Å²) in [5, 5.41) is 3.30. The van der Waals surface area contributed by atoms with Crippen molar-refractivity contribution in [3.05, 3.63) is 0 Å². The predicted molar refractivity (Wildman–Crippen MR) is 61.7 cm³/mol. The van der Waals surface area contributed by atoms with Crippen LogP contribution in [0, 0.1) is 0 Å². The molecule has 0 aromatic rings. The highest BCUT2D eigenvalue weighted by Gasteiger charge is 2.16. The number of hydrogen-bond donors (Lipinski definition) is 1. The summed E-state index contributed by atoms with van der Waals surface area (Å²) in [5.74, 6) is 0.0776. The van der Waals surface area contributed by atoms with Gasteiger partial charge in [0.15, 0.2) is 0 Å². The molecule has 82 valence electrons. The Labute approximate surface area is 94.4 Å². The number of halogens is 1. The van der Waals surface area contributed by atoms with Crippen LogP contribution in [0.1, 0.15) is 26.2 Å². The van der Waals surface area contributed by atoms with E-state index in [4.69, 9.17) is 0 Å². The van der Waals surface area contributed by atoms with E-state index in [2.05, 4.69) is 33.1 Å². The van der Waals surface area contributed by atoms with Crippen LogP contribution in [0.5, 0.6) is 0 Å². The first-order chi connectivity index (χ1) is 6.74. The molecule has 0 aromatic heterocycles. The zero-order chi connectivity index (χ0) is 10.4. The first-order valence-electron chi connectivity index (χ1n) is 5.30. The fraction of sp³-hybridized carbons (Fsp3) is 0.900. The van der Waals surface area contributed by atoms with Gasteiger partial charge in [-0.1, -0.05) is 22.4 Å². The van der Waals surface area contributed by atoms with Crippen molar-refractivity contribution in [1.29, 1.82) is 0 Å². The van der Waals surface area contributed by atoms with Crippen LogP contribution in [0.3, 0.4) is 0 Å². The Morgan fingerprint density at radius 1 is 1.43 bits per heavy atom. The predicted octanol–water partition coefficient (Wildman–Crippen LogP) is 1.37. The number of nitrogens with one attached hydrogen (secondary N) is 1. The van der Waals surface area contributed by atoms with Crippen molar-refractivity contribution >= 4 is 21.8 Å². The molecule has 1 N–H and O–H groups in total. The van der Waals surface area contributed by atoms with Crippen LogP contribution < -0.4 is 5.32 Å². The third kappa shape index (κ3) is 3.96. The van der Waals surface area contributed by atoms with E-state index in [9.17, 15) is 4.79 Å². The fourth-order valence-corrected chi connectivity index (χ4v) is 2.00. The number of carbonyl (C=O) groups is 1. The van der Waals surface area contributed by atoms with E-state index in [-0.39, 0.29) is 5.91 Å². The molecule has 0 radical (unpaired) electrons. The van der Waals surface area contributed by atoms with Gasteiger partial charge in [-0.3, -0.25) is 9.69 Å². The number of likely N-dealkylation sites (tertiary alicyclic amines) is 1. The fourth-order valence-electron chi connectivity index (χ4n) is 1.80. The molecule has 1 unspecified atom stereocenters. The summed E-state index contributed by atoms with van der Waals surface area (Å²) in [6, 6.07) is 0.471. The van der Waals surface area contributed by atoms with Gasteiger partial charge in [-0.2, -0.15) is 0 Å². The Morgan fingerprint density at radius 2 is 2.07 bits per heavy atom. The van der Waals surface area contributed by atoms with Crippen molar-refractivity contribution in [2.45, 2.75) is 32.2 Å². The quantitative estimate of drug-likeness (QED) is 0.777. The average Bonchev–Trinajstić information content (AvgIpc) is 2.26. The van der Waals surface area contributed by atoms with Crippen molar-refractivity contribution < 1.29 is 4.79 Å². The van der Waals surface area contributed by atoms with E-state index < -0.39 is 0 Å². The minimum Gasteiger partial charge on any atom is -0.354 e. The summed E-state index contributed by atoms with van der Waals surface area (Å²) in [7, 11) is 0. The third-order valence-corrected chi connectivity index (χ3v) is 3.24. The molecule has 0 spiro atoms. The lowest BCUT2D eigenvalue weighted by Gasteiger charge is -2.32. The number of hydrogen-bond acceptors (Lipinski definition) is 2. The van der Waals surface area contributed by atoms with Crippen LogP contribution in [0.4, 0.5) is 0 Å². The normalized spacial score (nSPS) is 20.4. The molecule has 1 aliphatic rings. The molecule has 4 heteroatoms. The third-order valence-electron chi connectivity index (χ3n) is 2.73. The van der Waals surface area contributed by atoms with E-state index in [1.807, 2.05) is 0 Å². The molecule has 1 atom stereocenters. The minimum absolute atomic E-state index is 0.0776. The zero-order valence-corrected chi connectivity index (χ0v) is 10.3. The maximum absolute atomic E-state index is 11.0. The van der Waals surface area contributed by atoms with E-state index in [1.54, 1.807) is 0 Å². The summed E-state index contributed by atoms with van der Waals surface area (Å²) in [5.41, 5.74) is 0. The van der Waals surface area contributed by atoms with Crippen molar-refractivity contribution in [3.8, 4) is 0 Å². The molecule has 1 aliphatic heterocycles. The highest BCUT2D eigenvalue weighted by Crippen LogP contribution is 2.11. The van der Waals surface area contributed by atoms with Crippen molar-refractivity contribution in [2.75, 3.05) is 25.0 Å². The maximum Gasteiger partial charge on any atom is 0.230 e. The van der Waals surface area contributed by atoms with Gasteiger partial charge in [-0.25, -0.2) is 0 Å². The molecular formula is C10H19BrN2O. The van der Waals surface area contributed by atoms with Crippen LogP contribution in [-0.2, 0) is 4.79 Å².